The number of aryl methyl sites for hydroxylation is 2. The molecule has 5 nitrogen and oxygen atoms in total. The topological polar surface area (TPSA) is 65.3 Å². The molecule has 0 amide bonds. The first-order chi connectivity index (χ1) is 14.0. The summed E-state index contributed by atoms with van der Waals surface area (Å²) in [5, 5.41) is 12.0. The van der Waals surface area contributed by atoms with Crippen LogP contribution in [0.3, 0.4) is 0 Å². The lowest BCUT2D eigenvalue weighted by Crippen LogP contribution is -2.44. The average Bonchev–Trinajstić information content (AvgIpc) is 2.68. The predicted octanol–water partition coefficient (Wildman–Crippen LogP) is 6.62. The zero-order valence-corrected chi connectivity index (χ0v) is 19.7. The summed E-state index contributed by atoms with van der Waals surface area (Å²) >= 11 is 0. The number of hydrogen-bond acceptors (Lipinski definition) is 4. The Labute approximate surface area is 179 Å². The largest absolute Gasteiger partial charge is 0.543 e. The molecule has 6 heteroatoms. The maximum absolute atomic E-state index is 10.9. The molecule has 0 saturated heterocycles. The van der Waals surface area contributed by atoms with Crippen LogP contribution in [-0.4, -0.2) is 18.2 Å². The number of fused-ring (bicyclic) bond motifs is 1. The summed E-state index contributed by atoms with van der Waals surface area (Å²) in [6.45, 7) is 13.3. The zero-order valence-electron chi connectivity index (χ0n) is 18.7. The SMILES string of the molecule is Cc1c(CCc2ccc([N+](=O)[O-])cc2)nc2ccccc2c1O[Si](C)(C)C(C)(C)C. The minimum absolute atomic E-state index is 0.0999. The lowest BCUT2D eigenvalue weighted by molar-refractivity contribution is -0.384. The average molecular weight is 423 g/mol. The first-order valence-electron chi connectivity index (χ1n) is 10.3. The van der Waals surface area contributed by atoms with Gasteiger partial charge < -0.3 is 4.43 Å². The molecular weight excluding hydrogens is 392 g/mol. The molecule has 0 bridgehead atoms. The van der Waals surface area contributed by atoms with Crippen molar-refractivity contribution in [2.24, 2.45) is 0 Å². The fourth-order valence-corrected chi connectivity index (χ4v) is 4.24. The van der Waals surface area contributed by atoms with Gasteiger partial charge in [0.15, 0.2) is 0 Å². The van der Waals surface area contributed by atoms with Gasteiger partial charge in [-0.3, -0.25) is 15.1 Å². The Morgan fingerprint density at radius 1 is 1.03 bits per heavy atom. The van der Waals surface area contributed by atoms with Gasteiger partial charge in [-0.25, -0.2) is 0 Å². The van der Waals surface area contributed by atoms with Crippen molar-refractivity contribution in [2.75, 3.05) is 0 Å². The molecule has 0 radical (unpaired) electrons. The van der Waals surface area contributed by atoms with Crippen molar-refractivity contribution in [1.29, 1.82) is 0 Å². The number of hydrogen-bond donors (Lipinski definition) is 0. The highest BCUT2D eigenvalue weighted by atomic mass is 28.4. The van der Waals surface area contributed by atoms with E-state index in [1.54, 1.807) is 12.1 Å². The van der Waals surface area contributed by atoms with Gasteiger partial charge in [-0.15, -0.1) is 0 Å². The molecule has 0 aliphatic rings. The van der Waals surface area contributed by atoms with Crippen LogP contribution in [0.5, 0.6) is 5.75 Å². The van der Waals surface area contributed by atoms with Crippen molar-refractivity contribution in [1.82, 2.24) is 4.98 Å². The smallest absolute Gasteiger partial charge is 0.269 e. The Bertz CT molecular complexity index is 1070. The third-order valence-corrected chi connectivity index (χ3v) is 10.5. The second kappa shape index (κ2) is 8.18. The maximum atomic E-state index is 10.9. The van der Waals surface area contributed by atoms with Gasteiger partial charge in [-0.1, -0.05) is 45.0 Å². The lowest BCUT2D eigenvalue weighted by Gasteiger charge is -2.37. The van der Waals surface area contributed by atoms with Crippen LogP contribution >= 0.6 is 0 Å². The molecule has 0 saturated carbocycles. The van der Waals surface area contributed by atoms with Crippen LogP contribution in [0.2, 0.25) is 18.1 Å². The molecule has 30 heavy (non-hydrogen) atoms. The number of rotatable bonds is 6. The quantitative estimate of drug-likeness (QED) is 0.254. The molecule has 0 unspecified atom stereocenters. The van der Waals surface area contributed by atoms with Gasteiger partial charge >= 0.3 is 0 Å². The molecule has 2 aromatic carbocycles. The third-order valence-electron chi connectivity index (χ3n) is 6.14. The highest BCUT2D eigenvalue weighted by Gasteiger charge is 2.39. The second-order valence-corrected chi connectivity index (χ2v) is 14.0. The predicted molar refractivity (Wildman–Crippen MR) is 125 cm³/mol. The molecule has 0 atom stereocenters. The van der Waals surface area contributed by atoms with Crippen molar-refractivity contribution in [2.45, 2.75) is 58.7 Å². The molecule has 1 heterocycles. The Hall–Kier alpha value is -2.73. The Morgan fingerprint density at radius 2 is 1.67 bits per heavy atom. The molecule has 0 aliphatic carbocycles. The molecular formula is C24H30N2O3Si. The van der Waals surface area contributed by atoms with Crippen molar-refractivity contribution < 1.29 is 9.35 Å². The molecule has 158 valence electrons. The van der Waals surface area contributed by atoms with E-state index in [0.29, 0.717) is 0 Å². The summed E-state index contributed by atoms with van der Waals surface area (Å²) in [6, 6.07) is 14.9. The summed E-state index contributed by atoms with van der Waals surface area (Å²) in [4.78, 5) is 15.4. The first kappa shape index (κ1) is 22.0. The van der Waals surface area contributed by atoms with Crippen LogP contribution in [0, 0.1) is 17.0 Å². The Balaban J connectivity index is 1.95. The van der Waals surface area contributed by atoms with Gasteiger partial charge in [0, 0.05) is 28.8 Å². The van der Waals surface area contributed by atoms with E-state index in [2.05, 4.69) is 46.9 Å². The van der Waals surface area contributed by atoms with E-state index in [-0.39, 0.29) is 15.6 Å². The molecule has 0 N–H and O–H groups in total. The standard InChI is InChI=1S/C24H30N2O3Si/c1-17-21(16-13-18-11-14-19(15-12-18)26(27)28)25-22-10-8-7-9-20(22)23(17)29-30(5,6)24(2,3)4/h7-12,14-15H,13,16H2,1-6H3. The maximum Gasteiger partial charge on any atom is 0.269 e. The number of non-ortho nitro benzene ring substituents is 1. The van der Waals surface area contributed by atoms with E-state index >= 15 is 0 Å². The molecule has 0 fully saturated rings. The van der Waals surface area contributed by atoms with E-state index in [0.717, 1.165) is 46.3 Å². The van der Waals surface area contributed by atoms with Crippen LogP contribution in [0.15, 0.2) is 48.5 Å². The lowest BCUT2D eigenvalue weighted by atomic mass is 10.0. The van der Waals surface area contributed by atoms with E-state index in [1.165, 1.54) is 0 Å². The molecule has 0 spiro atoms. The Kier molecular flexibility index (Phi) is 5.99. The van der Waals surface area contributed by atoms with Crippen LogP contribution < -0.4 is 4.43 Å². The number of aromatic nitrogens is 1. The molecule has 1 aromatic heterocycles. The van der Waals surface area contributed by atoms with Crippen molar-refractivity contribution in [3.63, 3.8) is 0 Å². The zero-order chi connectivity index (χ0) is 22.1. The fraction of sp³-hybridized carbons (Fsp3) is 0.375. The van der Waals surface area contributed by atoms with Gasteiger partial charge in [0.2, 0.25) is 0 Å². The van der Waals surface area contributed by atoms with Crippen LogP contribution in [0.4, 0.5) is 5.69 Å². The third kappa shape index (κ3) is 4.54. The van der Waals surface area contributed by atoms with Crippen molar-refractivity contribution >= 4 is 24.9 Å². The number of nitro groups is 1. The fourth-order valence-electron chi connectivity index (χ4n) is 3.16. The van der Waals surface area contributed by atoms with Gasteiger partial charge in [-0.05, 0) is 55.6 Å². The second-order valence-electron chi connectivity index (χ2n) is 9.32. The van der Waals surface area contributed by atoms with Gasteiger partial charge in [0.05, 0.1) is 10.4 Å². The van der Waals surface area contributed by atoms with E-state index in [1.807, 2.05) is 30.3 Å². The first-order valence-corrected chi connectivity index (χ1v) is 13.2. The summed E-state index contributed by atoms with van der Waals surface area (Å²) in [5.74, 6) is 0.950. The van der Waals surface area contributed by atoms with E-state index < -0.39 is 8.32 Å². The summed E-state index contributed by atoms with van der Waals surface area (Å²) in [6.07, 6.45) is 1.52. The normalized spacial score (nSPS) is 12.2. The number of nitro benzene ring substituents is 1. The van der Waals surface area contributed by atoms with E-state index in [9.17, 15) is 10.1 Å². The highest BCUT2D eigenvalue weighted by Crippen LogP contribution is 2.41. The van der Waals surface area contributed by atoms with Gasteiger partial charge in [-0.2, -0.15) is 0 Å². The van der Waals surface area contributed by atoms with Gasteiger partial charge in [0.1, 0.15) is 5.75 Å². The molecule has 3 rings (SSSR count). The van der Waals surface area contributed by atoms with Crippen molar-refractivity contribution in [3.05, 3.63) is 75.5 Å². The summed E-state index contributed by atoms with van der Waals surface area (Å²) in [7, 11) is -2.01. The van der Waals surface area contributed by atoms with Crippen LogP contribution in [0.25, 0.3) is 10.9 Å². The number of nitrogens with zero attached hydrogens (tertiary/aromatic N) is 2. The van der Waals surface area contributed by atoms with Crippen LogP contribution in [-0.2, 0) is 12.8 Å². The summed E-state index contributed by atoms with van der Waals surface area (Å²) < 4.78 is 6.77. The van der Waals surface area contributed by atoms with E-state index in [4.69, 9.17) is 9.41 Å². The monoisotopic (exact) mass is 422 g/mol. The highest BCUT2D eigenvalue weighted by molar-refractivity contribution is 6.74. The summed E-state index contributed by atoms with van der Waals surface area (Å²) in [5.41, 5.74) is 4.21. The minimum atomic E-state index is -2.01. The number of para-hydroxylation sites is 1. The minimum Gasteiger partial charge on any atom is -0.543 e. The molecule has 0 aliphatic heterocycles. The van der Waals surface area contributed by atoms with Crippen molar-refractivity contribution in [3.8, 4) is 5.75 Å². The Morgan fingerprint density at radius 3 is 2.27 bits per heavy atom. The number of benzene rings is 2. The van der Waals surface area contributed by atoms with Gasteiger partial charge in [0.25, 0.3) is 14.0 Å². The molecule has 3 aromatic rings. The number of pyridine rings is 1. The van der Waals surface area contributed by atoms with Crippen LogP contribution in [0.1, 0.15) is 37.6 Å².